The number of nitrogens with one attached hydrogen (secondary N) is 2. The van der Waals surface area contributed by atoms with E-state index < -0.39 is 11.7 Å². The fraction of sp³-hybridized carbons (Fsp3) is 0.588. The van der Waals surface area contributed by atoms with Gasteiger partial charge in [-0.3, -0.25) is 4.79 Å². The summed E-state index contributed by atoms with van der Waals surface area (Å²) >= 11 is 1.83. The summed E-state index contributed by atoms with van der Waals surface area (Å²) in [7, 11) is 0. The molecule has 1 aliphatic rings. The Morgan fingerprint density at radius 3 is 2.76 bits per heavy atom. The zero-order chi connectivity index (χ0) is 18.3. The molecule has 2 N–H and O–H groups in total. The maximum atomic E-state index is 12.3. The third kappa shape index (κ3) is 6.81. The molecule has 1 aliphatic heterocycles. The molecule has 0 saturated carbocycles. The van der Waals surface area contributed by atoms with E-state index in [4.69, 9.17) is 9.47 Å². The molecule has 7 nitrogen and oxygen atoms in total. The fourth-order valence-electron chi connectivity index (χ4n) is 2.17. The Morgan fingerprint density at radius 1 is 1.32 bits per heavy atom. The highest BCUT2D eigenvalue weighted by Gasteiger charge is 2.21. The predicted octanol–water partition coefficient (Wildman–Crippen LogP) is 2.22. The van der Waals surface area contributed by atoms with Crippen molar-refractivity contribution in [3.63, 3.8) is 0 Å². The number of alkyl carbamates (subject to hydrolysis) is 1. The Balaban J connectivity index is 1.79. The molecule has 0 bridgehead atoms. The Kier molecular flexibility index (Phi) is 6.92. The molecule has 2 rings (SSSR count). The number of thioether (sulfide) groups is 1. The van der Waals surface area contributed by atoms with Gasteiger partial charge in [-0.1, -0.05) is 0 Å². The van der Waals surface area contributed by atoms with Crippen LogP contribution in [0.1, 0.15) is 37.6 Å². The van der Waals surface area contributed by atoms with E-state index >= 15 is 0 Å². The number of hydrogen-bond acceptors (Lipinski definition) is 6. The van der Waals surface area contributed by atoms with Crippen molar-refractivity contribution in [2.24, 2.45) is 0 Å². The van der Waals surface area contributed by atoms with Crippen LogP contribution in [0.3, 0.4) is 0 Å². The molecule has 1 aromatic rings. The summed E-state index contributed by atoms with van der Waals surface area (Å²) in [4.78, 5) is 28.1. The lowest BCUT2D eigenvalue weighted by molar-refractivity contribution is 0.0526. The first kappa shape index (κ1) is 19.4. The monoisotopic (exact) mass is 367 g/mol. The van der Waals surface area contributed by atoms with Gasteiger partial charge in [-0.05, 0) is 45.1 Å². The van der Waals surface area contributed by atoms with Crippen molar-refractivity contribution in [1.29, 1.82) is 0 Å². The van der Waals surface area contributed by atoms with Gasteiger partial charge in [-0.15, -0.1) is 0 Å². The van der Waals surface area contributed by atoms with Gasteiger partial charge in [-0.2, -0.15) is 11.8 Å². The molecule has 2 heterocycles. The molecule has 138 valence electrons. The van der Waals surface area contributed by atoms with E-state index in [-0.39, 0.29) is 25.1 Å². The number of aromatic nitrogens is 1. The average Bonchev–Trinajstić information content (AvgIpc) is 3.03. The lowest BCUT2D eigenvalue weighted by atomic mass is 10.2. The number of pyridine rings is 1. The number of amides is 2. The summed E-state index contributed by atoms with van der Waals surface area (Å²) in [6.45, 7) is 5.94. The standard InChI is InChI=1S/C17H25N3O4S/c1-17(2,3)24-16(22)20-9-8-18-14(21)13-5-4-7-19-15(13)23-12-6-10-25-11-12/h4-5,7,12H,6,8-11H2,1-3H3,(H,18,21)(H,20,22). The molecule has 0 radical (unpaired) electrons. The Labute approximate surface area is 152 Å². The van der Waals surface area contributed by atoms with Crippen LogP contribution in [0.4, 0.5) is 4.79 Å². The summed E-state index contributed by atoms with van der Waals surface area (Å²) in [6, 6.07) is 3.38. The number of rotatable bonds is 6. The zero-order valence-corrected chi connectivity index (χ0v) is 15.6. The van der Waals surface area contributed by atoms with Crippen molar-refractivity contribution >= 4 is 23.8 Å². The van der Waals surface area contributed by atoms with E-state index in [9.17, 15) is 9.59 Å². The minimum Gasteiger partial charge on any atom is -0.473 e. The summed E-state index contributed by atoms with van der Waals surface area (Å²) in [5.74, 6) is 2.06. The van der Waals surface area contributed by atoms with Crippen molar-refractivity contribution in [2.75, 3.05) is 24.6 Å². The highest BCUT2D eigenvalue weighted by atomic mass is 32.2. The van der Waals surface area contributed by atoms with E-state index in [1.807, 2.05) is 11.8 Å². The summed E-state index contributed by atoms with van der Waals surface area (Å²) in [5, 5.41) is 5.34. The highest BCUT2D eigenvalue weighted by molar-refractivity contribution is 7.99. The van der Waals surface area contributed by atoms with Gasteiger partial charge in [0.1, 0.15) is 17.3 Å². The van der Waals surface area contributed by atoms with Gasteiger partial charge in [0, 0.05) is 25.0 Å². The van der Waals surface area contributed by atoms with E-state index in [2.05, 4.69) is 15.6 Å². The molecular formula is C17H25N3O4S. The van der Waals surface area contributed by atoms with Crippen LogP contribution in [-0.4, -0.2) is 53.3 Å². The van der Waals surface area contributed by atoms with Gasteiger partial charge in [0.25, 0.3) is 5.91 Å². The number of hydrogen-bond donors (Lipinski definition) is 2. The second-order valence-corrected chi connectivity index (χ2v) is 7.79. The molecule has 1 atom stereocenters. The molecule has 0 aromatic carbocycles. The van der Waals surface area contributed by atoms with Crippen molar-refractivity contribution in [1.82, 2.24) is 15.6 Å². The van der Waals surface area contributed by atoms with Crippen molar-refractivity contribution in [2.45, 2.75) is 38.9 Å². The van der Waals surface area contributed by atoms with Crippen molar-refractivity contribution in [3.8, 4) is 5.88 Å². The van der Waals surface area contributed by atoms with E-state index in [1.165, 1.54) is 0 Å². The lowest BCUT2D eigenvalue weighted by Gasteiger charge is -2.19. The quantitative estimate of drug-likeness (QED) is 0.750. The first-order chi connectivity index (χ1) is 11.8. The largest absolute Gasteiger partial charge is 0.473 e. The maximum absolute atomic E-state index is 12.3. The van der Waals surface area contributed by atoms with Crippen LogP contribution >= 0.6 is 11.8 Å². The minimum absolute atomic E-state index is 0.0975. The molecule has 1 fully saturated rings. The van der Waals surface area contributed by atoms with E-state index in [0.717, 1.165) is 17.9 Å². The fourth-order valence-corrected chi connectivity index (χ4v) is 3.27. The van der Waals surface area contributed by atoms with Gasteiger partial charge in [0.15, 0.2) is 0 Å². The second kappa shape index (κ2) is 8.94. The van der Waals surface area contributed by atoms with E-state index in [0.29, 0.717) is 11.4 Å². The topological polar surface area (TPSA) is 89.6 Å². The summed E-state index contributed by atoms with van der Waals surface area (Å²) < 4.78 is 11.0. The molecule has 25 heavy (non-hydrogen) atoms. The van der Waals surface area contributed by atoms with Crippen molar-refractivity contribution < 1.29 is 19.1 Å². The Morgan fingerprint density at radius 2 is 2.08 bits per heavy atom. The average molecular weight is 367 g/mol. The normalized spacial score (nSPS) is 17.0. The number of carbonyl (C=O) groups excluding carboxylic acids is 2. The van der Waals surface area contributed by atoms with Gasteiger partial charge in [0.2, 0.25) is 5.88 Å². The summed E-state index contributed by atoms with van der Waals surface area (Å²) in [5.41, 5.74) is -0.148. The molecule has 2 amide bonds. The summed E-state index contributed by atoms with van der Waals surface area (Å²) in [6.07, 6.45) is 2.16. The van der Waals surface area contributed by atoms with Gasteiger partial charge >= 0.3 is 6.09 Å². The van der Waals surface area contributed by atoms with Gasteiger partial charge < -0.3 is 20.1 Å². The molecular weight excluding hydrogens is 342 g/mol. The first-order valence-electron chi connectivity index (χ1n) is 8.29. The zero-order valence-electron chi connectivity index (χ0n) is 14.8. The lowest BCUT2D eigenvalue weighted by Crippen LogP contribution is -2.38. The van der Waals surface area contributed by atoms with Crippen LogP contribution in [0, 0.1) is 0 Å². The molecule has 0 aliphatic carbocycles. The molecule has 8 heteroatoms. The Hall–Kier alpha value is -1.96. The number of ether oxygens (including phenoxy) is 2. The van der Waals surface area contributed by atoms with Gasteiger partial charge in [-0.25, -0.2) is 9.78 Å². The maximum Gasteiger partial charge on any atom is 0.407 e. The molecule has 0 spiro atoms. The van der Waals surface area contributed by atoms with Gasteiger partial charge in [0.05, 0.1) is 0 Å². The highest BCUT2D eigenvalue weighted by Crippen LogP contribution is 2.24. The SMILES string of the molecule is CC(C)(C)OC(=O)NCCNC(=O)c1cccnc1OC1CCSC1. The van der Waals surface area contributed by atoms with Crippen LogP contribution < -0.4 is 15.4 Å². The number of carbonyl (C=O) groups is 2. The smallest absolute Gasteiger partial charge is 0.407 e. The second-order valence-electron chi connectivity index (χ2n) is 6.64. The van der Waals surface area contributed by atoms with Crippen LogP contribution in [-0.2, 0) is 4.74 Å². The number of nitrogens with zero attached hydrogens (tertiary/aromatic N) is 1. The van der Waals surface area contributed by atoms with Crippen LogP contribution in [0.2, 0.25) is 0 Å². The molecule has 1 aromatic heterocycles. The third-order valence-corrected chi connectivity index (χ3v) is 4.39. The van der Waals surface area contributed by atoms with Crippen LogP contribution in [0.5, 0.6) is 5.88 Å². The molecule has 1 unspecified atom stereocenters. The predicted molar refractivity (Wildman–Crippen MR) is 97.2 cm³/mol. The van der Waals surface area contributed by atoms with Crippen LogP contribution in [0.15, 0.2) is 18.3 Å². The van der Waals surface area contributed by atoms with Crippen LogP contribution in [0.25, 0.3) is 0 Å². The minimum atomic E-state index is -0.548. The first-order valence-corrected chi connectivity index (χ1v) is 9.45. The third-order valence-electron chi connectivity index (χ3n) is 3.26. The van der Waals surface area contributed by atoms with E-state index in [1.54, 1.807) is 39.1 Å². The molecule has 1 saturated heterocycles. The van der Waals surface area contributed by atoms with Crippen molar-refractivity contribution in [3.05, 3.63) is 23.9 Å². The Bertz CT molecular complexity index is 598.